The first-order valence-electron chi connectivity index (χ1n) is 14.9. The molecule has 0 unspecified atom stereocenters. The number of nitrogens with one attached hydrogen (secondary N) is 1. The number of ether oxygens (including phenoxy) is 1. The Bertz CT molecular complexity index is 851. The minimum Gasteiger partial charge on any atom is -0.379 e. The van der Waals surface area contributed by atoms with E-state index in [-0.39, 0.29) is 23.3 Å². The standard InChI is InChI=1S/C31H49N3O3/c1-25(2)23-28-29(35)34-19-10-14-27(34)24-37-22-8-4-7-15-31(30(36)32-28)16-20-33(21-17-31)18-9-13-26-11-5-3-6-12-26/h3,5-6,11-12,25,27-28H,4,7-10,13-24H2,1-2H3,(H,32,36)/t27-,28-/m0/s1. The van der Waals surface area contributed by atoms with Crippen molar-refractivity contribution in [3.05, 3.63) is 35.9 Å². The van der Waals surface area contributed by atoms with Gasteiger partial charge in [0.15, 0.2) is 0 Å². The second-order valence-electron chi connectivity index (χ2n) is 12.1. The molecular formula is C31H49N3O3. The molecule has 37 heavy (non-hydrogen) atoms. The van der Waals surface area contributed by atoms with Crippen molar-refractivity contribution in [2.24, 2.45) is 11.3 Å². The van der Waals surface area contributed by atoms with Crippen LogP contribution < -0.4 is 5.32 Å². The van der Waals surface area contributed by atoms with Gasteiger partial charge in [0, 0.05) is 13.2 Å². The van der Waals surface area contributed by atoms with E-state index in [9.17, 15) is 9.59 Å². The number of aryl methyl sites for hydroxylation is 1. The molecule has 1 spiro atoms. The minimum atomic E-state index is -0.434. The third-order valence-electron chi connectivity index (χ3n) is 8.80. The fourth-order valence-electron chi connectivity index (χ4n) is 6.51. The van der Waals surface area contributed by atoms with Gasteiger partial charge in [-0.05, 0) is 88.9 Å². The lowest BCUT2D eigenvalue weighted by molar-refractivity contribution is -0.143. The maximum absolute atomic E-state index is 14.0. The molecule has 4 rings (SSSR count). The number of likely N-dealkylation sites (tertiary alicyclic amines) is 1. The summed E-state index contributed by atoms with van der Waals surface area (Å²) >= 11 is 0. The second kappa shape index (κ2) is 13.7. The lowest BCUT2D eigenvalue weighted by Gasteiger charge is -2.42. The highest BCUT2D eigenvalue weighted by Gasteiger charge is 2.43. The first-order valence-corrected chi connectivity index (χ1v) is 14.9. The molecule has 0 saturated carbocycles. The van der Waals surface area contributed by atoms with Crippen LogP contribution in [-0.2, 0) is 20.7 Å². The van der Waals surface area contributed by atoms with Gasteiger partial charge < -0.3 is 19.9 Å². The van der Waals surface area contributed by atoms with Gasteiger partial charge in [0.2, 0.25) is 11.8 Å². The molecule has 0 bridgehead atoms. The van der Waals surface area contributed by atoms with E-state index in [0.29, 0.717) is 18.9 Å². The summed E-state index contributed by atoms with van der Waals surface area (Å²) in [5.41, 5.74) is 1.03. The molecule has 6 heteroatoms. The number of piperidine rings is 1. The Hall–Kier alpha value is -1.92. The minimum absolute atomic E-state index is 0.0960. The fraction of sp³-hybridized carbons (Fsp3) is 0.742. The summed E-state index contributed by atoms with van der Waals surface area (Å²) in [5.74, 6) is 0.561. The van der Waals surface area contributed by atoms with Gasteiger partial charge in [-0.1, -0.05) is 57.0 Å². The Kier molecular flexibility index (Phi) is 10.4. The molecule has 206 valence electrons. The average molecular weight is 512 g/mol. The van der Waals surface area contributed by atoms with Crippen LogP contribution in [0.2, 0.25) is 0 Å². The molecule has 2 atom stereocenters. The van der Waals surface area contributed by atoms with Crippen molar-refractivity contribution < 1.29 is 14.3 Å². The molecule has 1 aromatic rings. The Morgan fingerprint density at radius 3 is 2.54 bits per heavy atom. The normalized spacial score (nSPS) is 26.2. The molecule has 3 fully saturated rings. The number of fused-ring (bicyclic) bond motifs is 1. The molecule has 1 N–H and O–H groups in total. The van der Waals surface area contributed by atoms with Crippen molar-refractivity contribution in [2.45, 2.75) is 96.6 Å². The Morgan fingerprint density at radius 1 is 1.00 bits per heavy atom. The Balaban J connectivity index is 1.41. The number of amides is 2. The zero-order chi connectivity index (χ0) is 26.1. The van der Waals surface area contributed by atoms with Crippen molar-refractivity contribution in [2.75, 3.05) is 39.4 Å². The van der Waals surface area contributed by atoms with Crippen LogP contribution in [0.4, 0.5) is 0 Å². The van der Waals surface area contributed by atoms with Gasteiger partial charge >= 0.3 is 0 Å². The third-order valence-corrected chi connectivity index (χ3v) is 8.80. The van der Waals surface area contributed by atoms with Crippen LogP contribution in [-0.4, -0.2) is 73.1 Å². The van der Waals surface area contributed by atoms with Crippen LogP contribution in [0.5, 0.6) is 0 Å². The summed E-state index contributed by atoms with van der Waals surface area (Å²) < 4.78 is 6.01. The van der Waals surface area contributed by atoms with E-state index < -0.39 is 6.04 Å². The first-order chi connectivity index (χ1) is 18.0. The lowest BCUT2D eigenvalue weighted by atomic mass is 9.73. The van der Waals surface area contributed by atoms with Gasteiger partial charge in [0.05, 0.1) is 18.1 Å². The maximum Gasteiger partial charge on any atom is 0.245 e. The molecule has 3 saturated heterocycles. The Morgan fingerprint density at radius 2 is 1.78 bits per heavy atom. The summed E-state index contributed by atoms with van der Waals surface area (Å²) in [6.07, 6.45) is 10.8. The lowest BCUT2D eigenvalue weighted by Crippen LogP contribution is -2.56. The quantitative estimate of drug-likeness (QED) is 0.595. The average Bonchev–Trinajstić information content (AvgIpc) is 3.36. The van der Waals surface area contributed by atoms with E-state index >= 15 is 0 Å². The molecule has 0 radical (unpaired) electrons. The summed E-state index contributed by atoms with van der Waals surface area (Å²) in [5, 5.41) is 3.32. The van der Waals surface area contributed by atoms with E-state index in [1.807, 2.05) is 4.90 Å². The first kappa shape index (κ1) is 28.1. The summed E-state index contributed by atoms with van der Waals surface area (Å²) in [7, 11) is 0. The molecule has 0 aliphatic carbocycles. The highest BCUT2D eigenvalue weighted by Crippen LogP contribution is 2.38. The van der Waals surface area contributed by atoms with Crippen LogP contribution in [0.15, 0.2) is 30.3 Å². The van der Waals surface area contributed by atoms with Crippen molar-refractivity contribution in [1.29, 1.82) is 0 Å². The number of benzene rings is 1. The third kappa shape index (κ3) is 7.79. The van der Waals surface area contributed by atoms with E-state index in [0.717, 1.165) is 97.0 Å². The van der Waals surface area contributed by atoms with Gasteiger partial charge in [-0.3, -0.25) is 9.59 Å². The number of hydrogen-bond donors (Lipinski definition) is 1. The van der Waals surface area contributed by atoms with Crippen LogP contribution in [0.3, 0.4) is 0 Å². The SMILES string of the molecule is CC(C)C[C@@H]1NC(=O)C2(CCCCCOC[C@@H]3CCCN3C1=O)CCN(CCCc1ccccc1)CC2. The topological polar surface area (TPSA) is 61.9 Å². The smallest absolute Gasteiger partial charge is 0.245 e. The van der Waals surface area contributed by atoms with Gasteiger partial charge in [-0.2, -0.15) is 0 Å². The highest BCUT2D eigenvalue weighted by atomic mass is 16.5. The number of hydrogen-bond acceptors (Lipinski definition) is 4. The highest BCUT2D eigenvalue weighted by molar-refractivity contribution is 5.90. The number of carbonyl (C=O) groups excluding carboxylic acids is 2. The van der Waals surface area contributed by atoms with E-state index in [2.05, 4.69) is 54.4 Å². The number of rotatable bonds is 6. The van der Waals surface area contributed by atoms with E-state index in [1.54, 1.807) is 0 Å². The van der Waals surface area contributed by atoms with E-state index in [4.69, 9.17) is 4.74 Å². The van der Waals surface area contributed by atoms with Gasteiger partial charge in [0.25, 0.3) is 0 Å². The largest absolute Gasteiger partial charge is 0.379 e. The molecule has 3 aliphatic heterocycles. The molecule has 6 nitrogen and oxygen atoms in total. The zero-order valence-corrected chi connectivity index (χ0v) is 23.3. The van der Waals surface area contributed by atoms with Crippen LogP contribution in [0, 0.1) is 11.3 Å². The van der Waals surface area contributed by atoms with Gasteiger partial charge in [-0.25, -0.2) is 0 Å². The molecule has 3 aliphatic rings. The maximum atomic E-state index is 14.0. The fourth-order valence-corrected chi connectivity index (χ4v) is 6.51. The monoisotopic (exact) mass is 511 g/mol. The van der Waals surface area contributed by atoms with Gasteiger partial charge in [0.1, 0.15) is 6.04 Å². The van der Waals surface area contributed by atoms with Gasteiger partial charge in [-0.15, -0.1) is 0 Å². The second-order valence-corrected chi connectivity index (χ2v) is 12.1. The van der Waals surface area contributed by atoms with E-state index in [1.165, 1.54) is 5.56 Å². The predicted molar refractivity (Wildman–Crippen MR) is 148 cm³/mol. The summed E-state index contributed by atoms with van der Waals surface area (Å²) in [6.45, 7) is 9.43. The zero-order valence-electron chi connectivity index (χ0n) is 23.3. The van der Waals surface area contributed by atoms with Crippen molar-refractivity contribution in [1.82, 2.24) is 15.1 Å². The molecule has 0 aromatic heterocycles. The van der Waals surface area contributed by atoms with Crippen LogP contribution in [0.25, 0.3) is 0 Å². The predicted octanol–water partition coefficient (Wildman–Crippen LogP) is 4.81. The Labute approximate surface area is 224 Å². The summed E-state index contributed by atoms with van der Waals surface area (Å²) in [6, 6.07) is 10.4. The molecular weight excluding hydrogens is 462 g/mol. The summed E-state index contributed by atoms with van der Waals surface area (Å²) in [4.78, 5) is 32.2. The molecule has 2 amide bonds. The number of carbonyl (C=O) groups is 2. The van der Waals surface area contributed by atoms with Crippen molar-refractivity contribution >= 4 is 11.8 Å². The number of nitrogens with zero attached hydrogens (tertiary/aromatic N) is 2. The van der Waals surface area contributed by atoms with Crippen LogP contribution >= 0.6 is 0 Å². The molecule has 3 heterocycles. The molecule has 1 aromatic carbocycles. The van der Waals surface area contributed by atoms with Crippen molar-refractivity contribution in [3.63, 3.8) is 0 Å². The van der Waals surface area contributed by atoms with Crippen molar-refractivity contribution in [3.8, 4) is 0 Å². The van der Waals surface area contributed by atoms with Crippen LogP contribution in [0.1, 0.15) is 83.6 Å².